The molecule has 1 aliphatic rings. The average Bonchev–Trinajstić information content (AvgIpc) is 3.07. The van der Waals surface area contributed by atoms with E-state index in [-0.39, 0.29) is 0 Å². The summed E-state index contributed by atoms with van der Waals surface area (Å²) in [6.07, 6.45) is 6.92. The first kappa shape index (κ1) is 11.9. The molecule has 98 valence electrons. The number of halogens is 2. The maximum atomic E-state index is 4.49. The van der Waals surface area contributed by atoms with E-state index in [0.29, 0.717) is 5.92 Å². The van der Waals surface area contributed by atoms with Crippen LogP contribution in [0.2, 0.25) is 0 Å². The van der Waals surface area contributed by atoms with Crippen molar-refractivity contribution >= 4 is 49.1 Å². The van der Waals surface area contributed by atoms with E-state index in [0.717, 1.165) is 36.3 Å². The van der Waals surface area contributed by atoms with Gasteiger partial charge in [0.2, 0.25) is 0 Å². The summed E-state index contributed by atoms with van der Waals surface area (Å²) in [6, 6.07) is 2.07. The van der Waals surface area contributed by atoms with Crippen molar-refractivity contribution in [3.8, 4) is 0 Å². The van der Waals surface area contributed by atoms with Gasteiger partial charge in [0, 0.05) is 53.2 Å². The summed E-state index contributed by atoms with van der Waals surface area (Å²) in [4.78, 5) is 8.93. The van der Waals surface area contributed by atoms with Crippen molar-refractivity contribution in [1.29, 1.82) is 0 Å². The zero-order chi connectivity index (χ0) is 13.0. The molecule has 4 rings (SSSR count). The topological polar surface area (TPSA) is 38.4 Å². The van der Waals surface area contributed by atoms with E-state index in [4.69, 9.17) is 0 Å². The van der Waals surface area contributed by atoms with E-state index in [1.54, 1.807) is 0 Å². The van der Waals surface area contributed by atoms with Crippen molar-refractivity contribution in [2.75, 3.05) is 13.1 Å². The fourth-order valence-electron chi connectivity index (χ4n) is 2.79. The Balaban J connectivity index is 1.98. The number of nitrogens with zero attached hydrogens (tertiary/aromatic N) is 5. The molecule has 4 heterocycles. The van der Waals surface area contributed by atoms with Gasteiger partial charge in [-0.25, -0.2) is 13.9 Å². The zero-order valence-electron chi connectivity index (χ0n) is 10.0. The van der Waals surface area contributed by atoms with Crippen LogP contribution in [-0.2, 0) is 0 Å². The molecule has 0 aliphatic carbocycles. The summed E-state index contributed by atoms with van der Waals surface area (Å²) in [6.45, 7) is 2.10. The Morgan fingerprint density at radius 3 is 2.89 bits per heavy atom. The Morgan fingerprint density at radius 1 is 1.21 bits per heavy atom. The van der Waals surface area contributed by atoms with Crippen LogP contribution in [0.5, 0.6) is 0 Å². The van der Waals surface area contributed by atoms with Gasteiger partial charge in [-0.3, -0.25) is 7.99 Å². The third-order valence-corrected chi connectivity index (χ3v) is 4.93. The van der Waals surface area contributed by atoms with Crippen molar-refractivity contribution in [2.45, 2.75) is 12.3 Å². The number of hydrogen-bond acceptors (Lipinski definition) is 3. The van der Waals surface area contributed by atoms with E-state index in [9.17, 15) is 0 Å². The van der Waals surface area contributed by atoms with Crippen molar-refractivity contribution < 1.29 is 0 Å². The Labute approximate surface area is 126 Å². The van der Waals surface area contributed by atoms with Gasteiger partial charge in [0.1, 0.15) is 0 Å². The van der Waals surface area contributed by atoms with Crippen molar-refractivity contribution in [3.63, 3.8) is 0 Å². The normalized spacial score (nSPS) is 20.8. The number of fused-ring (bicyclic) bond motifs is 3. The second-order valence-corrected chi connectivity index (χ2v) is 6.59. The molecule has 0 spiro atoms. The quantitative estimate of drug-likeness (QED) is 0.605. The van der Waals surface area contributed by atoms with E-state index in [1.165, 1.54) is 5.69 Å². The van der Waals surface area contributed by atoms with Crippen LogP contribution in [-0.4, -0.2) is 35.0 Å². The molecule has 0 amide bonds. The lowest BCUT2D eigenvalue weighted by atomic mass is 10.1. The molecule has 0 N–H and O–H groups in total. The number of aromatic nitrogens is 4. The zero-order valence-corrected chi connectivity index (χ0v) is 13.2. The van der Waals surface area contributed by atoms with Crippen LogP contribution in [0, 0.1) is 0 Å². The molecule has 1 saturated heterocycles. The first-order valence-electron chi connectivity index (χ1n) is 6.14. The van der Waals surface area contributed by atoms with Gasteiger partial charge in [-0.05, 0) is 12.5 Å². The molecular weight excluding hydrogens is 374 g/mol. The molecule has 0 aromatic carbocycles. The van der Waals surface area contributed by atoms with E-state index >= 15 is 0 Å². The summed E-state index contributed by atoms with van der Waals surface area (Å²) in [5.74, 6) is 0.513. The van der Waals surface area contributed by atoms with Gasteiger partial charge >= 0.3 is 0 Å². The highest BCUT2D eigenvalue weighted by Crippen LogP contribution is 2.31. The fraction of sp³-hybridized carbons (Fsp3) is 0.333. The smallest absolute Gasteiger partial charge is 0.167 e. The van der Waals surface area contributed by atoms with Crippen molar-refractivity contribution in [3.05, 3.63) is 30.4 Å². The second-order valence-electron chi connectivity index (χ2n) is 4.83. The minimum Gasteiger partial charge on any atom is -0.292 e. The van der Waals surface area contributed by atoms with Crippen LogP contribution < -0.4 is 0 Å². The molecule has 0 bridgehead atoms. The Morgan fingerprint density at radius 2 is 2.11 bits per heavy atom. The van der Waals surface area contributed by atoms with Gasteiger partial charge in [-0.1, -0.05) is 0 Å². The van der Waals surface area contributed by atoms with Crippen LogP contribution in [0.4, 0.5) is 0 Å². The monoisotopic (exact) mass is 383 g/mol. The van der Waals surface area contributed by atoms with Crippen LogP contribution in [0.3, 0.4) is 0 Å². The molecule has 0 saturated carbocycles. The predicted octanol–water partition coefficient (Wildman–Crippen LogP) is 2.94. The van der Waals surface area contributed by atoms with E-state index in [2.05, 4.69) is 56.7 Å². The summed E-state index contributed by atoms with van der Waals surface area (Å²) in [5, 5.41) is 0. The summed E-state index contributed by atoms with van der Waals surface area (Å²) < 4.78 is 6.26. The fourth-order valence-corrected chi connectivity index (χ4v) is 3.73. The first-order valence-corrected chi connectivity index (χ1v) is 7.56. The molecule has 3 aromatic rings. The molecule has 5 nitrogen and oxygen atoms in total. The van der Waals surface area contributed by atoms with Gasteiger partial charge in [-0.2, -0.15) is 0 Å². The molecular formula is C12H11Br2N5. The van der Waals surface area contributed by atoms with Crippen molar-refractivity contribution in [2.24, 2.45) is 0 Å². The Kier molecular flexibility index (Phi) is 2.68. The Bertz CT molecular complexity index is 762. The van der Waals surface area contributed by atoms with E-state index in [1.807, 2.05) is 22.2 Å². The highest BCUT2D eigenvalue weighted by molar-refractivity contribution is 9.08. The average molecular weight is 385 g/mol. The standard InChI is InChI=1S/C12H11Br2N5/c13-17-3-1-8(7-17)10-5-15-11-6-16-12-9(19(10)11)2-4-18(12)14/h2,4-6,8H,1,3,7H2. The minimum absolute atomic E-state index is 0.513. The van der Waals surface area contributed by atoms with Crippen LogP contribution in [0.1, 0.15) is 18.0 Å². The molecule has 7 heteroatoms. The minimum atomic E-state index is 0.513. The summed E-state index contributed by atoms with van der Waals surface area (Å²) in [7, 11) is 0. The van der Waals surface area contributed by atoms with Gasteiger partial charge in [-0.15, -0.1) is 0 Å². The number of hydrogen-bond donors (Lipinski definition) is 0. The summed E-state index contributed by atoms with van der Waals surface area (Å²) in [5.41, 5.74) is 4.19. The number of rotatable bonds is 1. The SMILES string of the molecule is BrN1CCC(c2cnc3cnc4c(ccn4Br)n23)C1. The van der Waals surface area contributed by atoms with Gasteiger partial charge < -0.3 is 0 Å². The van der Waals surface area contributed by atoms with Crippen LogP contribution >= 0.6 is 32.3 Å². The molecule has 1 atom stereocenters. The maximum absolute atomic E-state index is 4.49. The Hall–Kier alpha value is -0.920. The van der Waals surface area contributed by atoms with Crippen LogP contribution in [0.25, 0.3) is 16.8 Å². The molecule has 1 fully saturated rings. The second kappa shape index (κ2) is 4.29. The van der Waals surface area contributed by atoms with Crippen LogP contribution in [0.15, 0.2) is 24.7 Å². The highest BCUT2D eigenvalue weighted by Gasteiger charge is 2.25. The molecule has 1 unspecified atom stereocenters. The lowest BCUT2D eigenvalue weighted by molar-refractivity contribution is 0.591. The van der Waals surface area contributed by atoms with Gasteiger partial charge in [0.25, 0.3) is 0 Å². The lowest BCUT2D eigenvalue weighted by Gasteiger charge is -2.10. The molecule has 0 radical (unpaired) electrons. The third kappa shape index (κ3) is 1.75. The van der Waals surface area contributed by atoms with Crippen molar-refractivity contribution in [1.82, 2.24) is 21.9 Å². The third-order valence-electron chi connectivity index (χ3n) is 3.71. The lowest BCUT2D eigenvalue weighted by Crippen LogP contribution is -2.08. The molecule has 19 heavy (non-hydrogen) atoms. The largest absolute Gasteiger partial charge is 0.292 e. The first-order chi connectivity index (χ1) is 9.24. The number of imidazole rings is 1. The predicted molar refractivity (Wildman–Crippen MR) is 80.7 cm³/mol. The summed E-state index contributed by atoms with van der Waals surface area (Å²) >= 11 is 7.03. The van der Waals surface area contributed by atoms with Gasteiger partial charge in [0.15, 0.2) is 11.3 Å². The van der Waals surface area contributed by atoms with Gasteiger partial charge in [0.05, 0.1) is 27.9 Å². The molecule has 1 aliphatic heterocycles. The highest BCUT2D eigenvalue weighted by atomic mass is 79.9. The maximum Gasteiger partial charge on any atom is 0.167 e. The van der Waals surface area contributed by atoms with E-state index < -0.39 is 0 Å². The molecule has 3 aromatic heterocycles.